The molecule has 0 saturated carbocycles. The predicted molar refractivity (Wildman–Crippen MR) is 110 cm³/mol. The highest BCUT2D eigenvalue weighted by molar-refractivity contribution is 5.93. The fourth-order valence-corrected chi connectivity index (χ4v) is 3.72. The van der Waals surface area contributed by atoms with Crippen LogP contribution in [0.2, 0.25) is 0 Å². The lowest BCUT2D eigenvalue weighted by atomic mass is 9.83. The van der Waals surface area contributed by atoms with Gasteiger partial charge < -0.3 is 14.2 Å². The summed E-state index contributed by atoms with van der Waals surface area (Å²) in [6, 6.07) is 8.63. The van der Waals surface area contributed by atoms with E-state index in [4.69, 9.17) is 0 Å². The second kappa shape index (κ2) is 7.58. The lowest BCUT2D eigenvalue weighted by Crippen LogP contribution is -2.30. The van der Waals surface area contributed by atoms with Gasteiger partial charge >= 0.3 is 5.97 Å². The van der Waals surface area contributed by atoms with Crippen molar-refractivity contribution in [3.8, 4) is 0 Å². The average Bonchev–Trinajstić information content (AvgIpc) is 2.89. The quantitative estimate of drug-likeness (QED) is 0.321. The highest BCUT2D eigenvalue weighted by Crippen LogP contribution is 2.46. The number of fused-ring (bicyclic) bond motifs is 1. The van der Waals surface area contributed by atoms with E-state index in [1.165, 1.54) is 6.08 Å². The molecule has 1 aliphatic rings. The van der Waals surface area contributed by atoms with Crippen molar-refractivity contribution < 1.29 is 19.2 Å². The van der Waals surface area contributed by atoms with Crippen molar-refractivity contribution in [2.75, 3.05) is 19.1 Å². The van der Waals surface area contributed by atoms with Gasteiger partial charge in [0.05, 0.1) is 24.8 Å². The average molecular weight is 411 g/mol. The van der Waals surface area contributed by atoms with Crippen LogP contribution in [0.1, 0.15) is 29.8 Å². The summed E-state index contributed by atoms with van der Waals surface area (Å²) in [6.45, 7) is 3.53. The number of pyridine rings is 1. The van der Waals surface area contributed by atoms with Gasteiger partial charge in [0.15, 0.2) is 5.78 Å². The van der Waals surface area contributed by atoms with E-state index in [9.17, 15) is 24.5 Å². The summed E-state index contributed by atoms with van der Waals surface area (Å²) in [5.41, 5.74) is 0.515. The number of ether oxygens (including phenoxy) is 1. The van der Waals surface area contributed by atoms with Crippen LogP contribution in [0.5, 0.6) is 0 Å². The third-order valence-corrected chi connectivity index (χ3v) is 5.25. The molecular formula is C21H21N3O6. The van der Waals surface area contributed by atoms with E-state index in [1.807, 2.05) is 50.1 Å². The number of methoxy groups -OCH3 is 1. The van der Waals surface area contributed by atoms with E-state index in [0.717, 1.165) is 40.9 Å². The lowest BCUT2D eigenvalue weighted by Gasteiger charge is -2.24. The lowest BCUT2D eigenvalue weighted by molar-refractivity contribution is -0.385. The molecule has 0 aliphatic carbocycles. The fourth-order valence-electron chi connectivity index (χ4n) is 3.72. The third-order valence-electron chi connectivity index (χ3n) is 5.25. The predicted octanol–water partition coefficient (Wildman–Crippen LogP) is 2.42. The van der Waals surface area contributed by atoms with Gasteiger partial charge in [0.1, 0.15) is 5.56 Å². The molecule has 3 rings (SSSR count). The molecule has 2 aromatic rings. The van der Waals surface area contributed by atoms with Crippen LogP contribution in [0, 0.1) is 10.1 Å². The number of aromatic nitrogens is 1. The van der Waals surface area contributed by atoms with Crippen molar-refractivity contribution in [1.82, 2.24) is 4.57 Å². The maximum Gasteiger partial charge on any atom is 0.343 e. The molecule has 0 N–H and O–H groups in total. The van der Waals surface area contributed by atoms with Crippen molar-refractivity contribution >= 4 is 23.1 Å². The van der Waals surface area contributed by atoms with Gasteiger partial charge in [0.25, 0.3) is 11.2 Å². The summed E-state index contributed by atoms with van der Waals surface area (Å²) in [7, 11) is 2.91. The van der Waals surface area contributed by atoms with Crippen LogP contribution in [0.3, 0.4) is 0 Å². The summed E-state index contributed by atoms with van der Waals surface area (Å²) in [4.78, 5) is 49.5. The molecule has 0 saturated heterocycles. The van der Waals surface area contributed by atoms with Crippen molar-refractivity contribution in [3.05, 3.63) is 79.9 Å². The summed E-state index contributed by atoms with van der Waals surface area (Å²) >= 11 is 0. The zero-order chi connectivity index (χ0) is 22.2. The maximum atomic E-state index is 12.8. The van der Waals surface area contributed by atoms with Gasteiger partial charge in [-0.25, -0.2) is 4.79 Å². The summed E-state index contributed by atoms with van der Waals surface area (Å²) in [6.07, 6.45) is 2.38. The first-order chi connectivity index (χ1) is 14.1. The molecule has 0 unspecified atom stereocenters. The highest BCUT2D eigenvalue weighted by Gasteiger charge is 2.38. The maximum absolute atomic E-state index is 12.8. The molecule has 9 nitrogen and oxygen atoms in total. The minimum Gasteiger partial charge on any atom is -0.465 e. The summed E-state index contributed by atoms with van der Waals surface area (Å²) in [5, 5.41) is 11.2. The molecule has 1 aromatic carbocycles. The van der Waals surface area contributed by atoms with Crippen LogP contribution < -0.4 is 10.5 Å². The molecule has 1 aromatic heterocycles. The zero-order valence-corrected chi connectivity index (χ0v) is 17.0. The molecule has 2 heterocycles. The molecule has 30 heavy (non-hydrogen) atoms. The van der Waals surface area contributed by atoms with Crippen molar-refractivity contribution in [3.63, 3.8) is 0 Å². The smallest absolute Gasteiger partial charge is 0.343 e. The van der Waals surface area contributed by atoms with E-state index < -0.39 is 45.4 Å². The van der Waals surface area contributed by atoms with Crippen LogP contribution >= 0.6 is 0 Å². The molecule has 0 radical (unpaired) electrons. The minimum atomic E-state index is -1.00. The Kier molecular flexibility index (Phi) is 5.30. The topological polar surface area (TPSA) is 112 Å². The van der Waals surface area contributed by atoms with E-state index in [-0.39, 0.29) is 0 Å². The second-order valence-electron chi connectivity index (χ2n) is 7.49. The van der Waals surface area contributed by atoms with Crippen LogP contribution in [-0.4, -0.2) is 35.4 Å². The molecule has 156 valence electrons. The number of carbonyl (C=O) groups excluding carboxylic acids is 2. The Hall–Kier alpha value is -3.75. The molecular weight excluding hydrogens is 390 g/mol. The van der Waals surface area contributed by atoms with Crippen molar-refractivity contribution in [1.29, 1.82) is 0 Å². The van der Waals surface area contributed by atoms with Crippen molar-refractivity contribution in [2.45, 2.75) is 25.8 Å². The van der Waals surface area contributed by atoms with E-state index in [2.05, 4.69) is 4.74 Å². The van der Waals surface area contributed by atoms with Crippen LogP contribution in [0.25, 0.3) is 0 Å². The molecule has 0 fully saturated rings. The number of ketones is 1. The number of rotatable bonds is 5. The Balaban J connectivity index is 1.99. The molecule has 0 atom stereocenters. The Labute approximate surface area is 172 Å². The Morgan fingerprint density at radius 2 is 1.93 bits per heavy atom. The van der Waals surface area contributed by atoms with Gasteiger partial charge in [-0.2, -0.15) is 0 Å². The zero-order valence-electron chi connectivity index (χ0n) is 17.0. The highest BCUT2D eigenvalue weighted by atomic mass is 16.6. The van der Waals surface area contributed by atoms with Gasteiger partial charge in [-0.15, -0.1) is 0 Å². The molecule has 0 amide bonds. The Bertz CT molecular complexity index is 1150. The van der Waals surface area contributed by atoms with Gasteiger partial charge in [-0.05, 0) is 11.6 Å². The number of likely N-dealkylation sites (N-methyl/N-ethyl adjacent to an activating group) is 1. The monoisotopic (exact) mass is 411 g/mol. The normalized spacial score (nSPS) is 15.7. The first-order valence-corrected chi connectivity index (χ1v) is 9.13. The van der Waals surface area contributed by atoms with Gasteiger partial charge in [-0.3, -0.25) is 19.7 Å². The van der Waals surface area contributed by atoms with Gasteiger partial charge in [0, 0.05) is 36.0 Å². The molecule has 9 heteroatoms. The second-order valence-corrected chi connectivity index (χ2v) is 7.49. The van der Waals surface area contributed by atoms with E-state index >= 15 is 0 Å². The van der Waals surface area contributed by atoms with E-state index in [0.29, 0.717) is 0 Å². The van der Waals surface area contributed by atoms with Crippen molar-refractivity contribution in [2.24, 2.45) is 0 Å². The first-order valence-electron chi connectivity index (χ1n) is 9.13. The number of esters is 1. The summed E-state index contributed by atoms with van der Waals surface area (Å²) in [5.74, 6) is -1.44. The SMILES string of the molecule is COC(=O)c1cc([N+](=O)[O-])cn(CC(=O)C=C2N(C)c3ccccc3C2(C)C)c1=O. The molecule has 0 spiro atoms. The largest absolute Gasteiger partial charge is 0.465 e. The molecule has 1 aliphatic heterocycles. The van der Waals surface area contributed by atoms with Gasteiger partial charge in [-0.1, -0.05) is 32.0 Å². The Morgan fingerprint density at radius 1 is 1.27 bits per heavy atom. The number of allylic oxidation sites excluding steroid dienone is 2. The summed E-state index contributed by atoms with van der Waals surface area (Å²) < 4.78 is 5.38. The van der Waals surface area contributed by atoms with Crippen LogP contribution in [-0.2, 0) is 21.5 Å². The van der Waals surface area contributed by atoms with E-state index in [1.54, 1.807) is 0 Å². The standard InChI is InChI=1S/C21H21N3O6/c1-21(2)16-7-5-6-8-17(16)22(3)18(21)10-14(25)12-23-11-13(24(28)29)9-15(19(23)26)20(27)30-4/h5-11H,12H2,1-4H3. The third kappa shape index (κ3) is 3.49. The van der Waals surface area contributed by atoms with Gasteiger partial charge in [0.2, 0.25) is 0 Å². The number of hydrogen-bond acceptors (Lipinski definition) is 7. The number of benzene rings is 1. The Morgan fingerprint density at radius 3 is 2.53 bits per heavy atom. The first kappa shape index (κ1) is 21.0. The minimum absolute atomic E-state index is 0.434. The number of nitro groups is 1. The number of para-hydroxylation sites is 1. The number of nitrogens with zero attached hydrogens (tertiary/aromatic N) is 3. The fraction of sp³-hybridized carbons (Fsp3) is 0.286. The molecule has 0 bridgehead atoms. The number of anilines is 1. The van der Waals surface area contributed by atoms with Crippen LogP contribution in [0.15, 0.2) is 53.1 Å². The number of hydrogen-bond donors (Lipinski definition) is 0. The number of carbonyl (C=O) groups is 2. The van der Waals surface area contributed by atoms with Crippen LogP contribution in [0.4, 0.5) is 11.4 Å².